The Morgan fingerprint density at radius 2 is 1.73 bits per heavy atom. The number of ether oxygens (including phenoxy) is 3. The molecule has 0 aromatic heterocycles. The Balaban J connectivity index is 3.07. The molecule has 0 rings (SSSR count). The van der Waals surface area contributed by atoms with Crippen molar-refractivity contribution in [3.63, 3.8) is 0 Å². The summed E-state index contributed by atoms with van der Waals surface area (Å²) in [5.41, 5.74) is 0. The second-order valence-electron chi connectivity index (χ2n) is 3.00. The Morgan fingerprint density at radius 3 is 2.27 bits per heavy atom. The van der Waals surface area contributed by atoms with Gasteiger partial charge in [-0.25, -0.2) is 0 Å². The van der Waals surface area contributed by atoms with E-state index in [-0.39, 0.29) is 12.7 Å². The summed E-state index contributed by atoms with van der Waals surface area (Å²) in [6.07, 6.45) is 2.85. The van der Waals surface area contributed by atoms with Gasteiger partial charge in [0.05, 0.1) is 45.7 Å². The van der Waals surface area contributed by atoms with Gasteiger partial charge in [-0.2, -0.15) is 0 Å². The van der Waals surface area contributed by atoms with Gasteiger partial charge in [0.2, 0.25) is 0 Å². The van der Waals surface area contributed by atoms with E-state index in [9.17, 15) is 0 Å². The van der Waals surface area contributed by atoms with Gasteiger partial charge in [-0.05, 0) is 6.42 Å². The highest BCUT2D eigenvalue weighted by Crippen LogP contribution is 1.97. The van der Waals surface area contributed by atoms with Gasteiger partial charge in [0, 0.05) is 0 Å². The summed E-state index contributed by atoms with van der Waals surface area (Å²) in [7, 11) is 0. The first kappa shape index (κ1) is 14.6. The molecule has 0 bridgehead atoms. The molecular formula is C11H22O4. The van der Waals surface area contributed by atoms with E-state index in [0.29, 0.717) is 33.0 Å². The molecule has 0 aliphatic heterocycles. The third-order valence-electron chi connectivity index (χ3n) is 1.83. The summed E-state index contributed by atoms with van der Waals surface area (Å²) in [4.78, 5) is 0. The van der Waals surface area contributed by atoms with Crippen LogP contribution < -0.4 is 0 Å². The lowest BCUT2D eigenvalue weighted by molar-refractivity contribution is -0.00419. The second-order valence-corrected chi connectivity index (χ2v) is 3.00. The maximum absolute atomic E-state index is 8.43. The Kier molecular flexibility index (Phi) is 11.3. The van der Waals surface area contributed by atoms with Crippen LogP contribution in [0.1, 0.15) is 13.3 Å². The van der Waals surface area contributed by atoms with Gasteiger partial charge < -0.3 is 19.3 Å². The predicted molar refractivity (Wildman–Crippen MR) is 59.0 cm³/mol. The topological polar surface area (TPSA) is 47.9 Å². The van der Waals surface area contributed by atoms with Crippen molar-refractivity contribution >= 4 is 0 Å². The Bertz CT molecular complexity index is 139. The van der Waals surface area contributed by atoms with Crippen molar-refractivity contribution in [3.8, 4) is 0 Å². The first-order valence-corrected chi connectivity index (χ1v) is 5.35. The van der Waals surface area contributed by atoms with Gasteiger partial charge in [-0.1, -0.05) is 13.0 Å². The molecule has 0 aliphatic carbocycles. The molecule has 4 nitrogen and oxygen atoms in total. The van der Waals surface area contributed by atoms with E-state index < -0.39 is 0 Å². The molecule has 1 unspecified atom stereocenters. The summed E-state index contributed by atoms with van der Waals surface area (Å²) in [5.74, 6) is 0. The van der Waals surface area contributed by atoms with E-state index in [1.807, 2.05) is 0 Å². The van der Waals surface area contributed by atoms with Gasteiger partial charge in [0.15, 0.2) is 0 Å². The van der Waals surface area contributed by atoms with Crippen molar-refractivity contribution in [1.82, 2.24) is 0 Å². The van der Waals surface area contributed by atoms with E-state index in [2.05, 4.69) is 13.5 Å². The monoisotopic (exact) mass is 218 g/mol. The minimum absolute atomic E-state index is 0.0562. The molecule has 0 spiro atoms. The van der Waals surface area contributed by atoms with Crippen LogP contribution >= 0.6 is 0 Å². The van der Waals surface area contributed by atoms with Crippen LogP contribution in [0, 0.1) is 0 Å². The molecule has 0 aromatic carbocycles. The average molecular weight is 218 g/mol. The lowest BCUT2D eigenvalue weighted by Crippen LogP contribution is -2.14. The number of hydrogen-bond donors (Lipinski definition) is 1. The predicted octanol–water partition coefficient (Wildman–Crippen LogP) is 0.993. The lowest BCUT2D eigenvalue weighted by atomic mass is 10.3. The maximum Gasteiger partial charge on any atom is 0.0751 e. The molecule has 4 heteroatoms. The maximum atomic E-state index is 8.43. The highest BCUT2D eigenvalue weighted by Gasteiger charge is 1.99. The van der Waals surface area contributed by atoms with Crippen molar-refractivity contribution in [1.29, 1.82) is 0 Å². The third kappa shape index (κ3) is 9.87. The first-order valence-electron chi connectivity index (χ1n) is 5.35. The fraction of sp³-hybridized carbons (Fsp3) is 0.818. The van der Waals surface area contributed by atoms with Crippen LogP contribution in [0.5, 0.6) is 0 Å². The molecule has 0 saturated carbocycles. The van der Waals surface area contributed by atoms with Crippen LogP contribution in [-0.4, -0.2) is 50.9 Å². The molecule has 0 aliphatic rings. The summed E-state index contributed by atoms with van der Waals surface area (Å²) in [5, 5.41) is 8.43. The zero-order valence-corrected chi connectivity index (χ0v) is 9.48. The molecule has 0 heterocycles. The quantitative estimate of drug-likeness (QED) is 0.415. The van der Waals surface area contributed by atoms with E-state index in [1.54, 1.807) is 6.08 Å². The average Bonchev–Trinajstić information content (AvgIpc) is 2.27. The molecule has 0 amide bonds. The molecule has 0 aromatic rings. The van der Waals surface area contributed by atoms with Gasteiger partial charge >= 0.3 is 0 Å². The van der Waals surface area contributed by atoms with Crippen molar-refractivity contribution < 1.29 is 19.3 Å². The van der Waals surface area contributed by atoms with Crippen LogP contribution in [0.15, 0.2) is 12.7 Å². The van der Waals surface area contributed by atoms with Crippen LogP contribution in [-0.2, 0) is 14.2 Å². The minimum atomic E-state index is 0.0562. The summed E-state index contributed by atoms with van der Waals surface area (Å²) >= 11 is 0. The fourth-order valence-electron chi connectivity index (χ4n) is 0.997. The Hall–Kier alpha value is -0.420. The molecule has 90 valence electrons. The molecule has 0 fully saturated rings. The Labute approximate surface area is 91.8 Å². The number of rotatable bonds is 11. The highest BCUT2D eigenvalue weighted by molar-refractivity contribution is 4.78. The first-order chi connectivity index (χ1) is 7.35. The van der Waals surface area contributed by atoms with E-state index in [1.165, 1.54) is 0 Å². The summed E-state index contributed by atoms with van der Waals surface area (Å²) < 4.78 is 15.7. The van der Waals surface area contributed by atoms with Crippen molar-refractivity contribution in [2.24, 2.45) is 0 Å². The SMILES string of the molecule is C=CC(CC)OCCOCCOCCO. The van der Waals surface area contributed by atoms with Crippen LogP contribution in [0.4, 0.5) is 0 Å². The summed E-state index contributed by atoms with van der Waals surface area (Å²) in [6.45, 7) is 8.33. The second kappa shape index (κ2) is 11.7. The zero-order valence-electron chi connectivity index (χ0n) is 9.48. The number of aliphatic hydroxyl groups is 1. The number of hydrogen-bond acceptors (Lipinski definition) is 4. The zero-order chi connectivity index (χ0) is 11.4. The van der Waals surface area contributed by atoms with E-state index in [4.69, 9.17) is 19.3 Å². The van der Waals surface area contributed by atoms with Crippen LogP contribution in [0.25, 0.3) is 0 Å². The smallest absolute Gasteiger partial charge is 0.0751 e. The number of aliphatic hydroxyl groups excluding tert-OH is 1. The van der Waals surface area contributed by atoms with Crippen molar-refractivity contribution in [2.75, 3.05) is 39.6 Å². The van der Waals surface area contributed by atoms with Gasteiger partial charge in [-0.15, -0.1) is 6.58 Å². The standard InChI is InChI=1S/C11H22O4/c1-3-11(4-2)15-10-9-14-8-7-13-6-5-12/h3,11-12H,1,4-10H2,2H3. The molecular weight excluding hydrogens is 196 g/mol. The van der Waals surface area contributed by atoms with Gasteiger partial charge in [0.1, 0.15) is 0 Å². The van der Waals surface area contributed by atoms with Gasteiger partial charge in [-0.3, -0.25) is 0 Å². The molecule has 0 radical (unpaired) electrons. The molecule has 1 atom stereocenters. The normalized spacial score (nSPS) is 12.7. The lowest BCUT2D eigenvalue weighted by Gasteiger charge is -2.11. The van der Waals surface area contributed by atoms with Crippen LogP contribution in [0.3, 0.4) is 0 Å². The van der Waals surface area contributed by atoms with E-state index >= 15 is 0 Å². The van der Waals surface area contributed by atoms with Crippen molar-refractivity contribution in [3.05, 3.63) is 12.7 Å². The van der Waals surface area contributed by atoms with Crippen molar-refractivity contribution in [2.45, 2.75) is 19.4 Å². The minimum Gasteiger partial charge on any atom is -0.394 e. The van der Waals surface area contributed by atoms with Gasteiger partial charge in [0.25, 0.3) is 0 Å². The molecule has 0 saturated heterocycles. The largest absolute Gasteiger partial charge is 0.394 e. The molecule has 15 heavy (non-hydrogen) atoms. The fourth-order valence-corrected chi connectivity index (χ4v) is 0.997. The third-order valence-corrected chi connectivity index (χ3v) is 1.83. The van der Waals surface area contributed by atoms with Crippen LogP contribution in [0.2, 0.25) is 0 Å². The Morgan fingerprint density at radius 1 is 1.13 bits per heavy atom. The highest BCUT2D eigenvalue weighted by atomic mass is 16.5. The van der Waals surface area contributed by atoms with E-state index in [0.717, 1.165) is 6.42 Å². The molecule has 1 N–H and O–H groups in total. The summed E-state index contributed by atoms with van der Waals surface area (Å²) in [6, 6.07) is 0.